The molecule has 1 aromatic heterocycles. The van der Waals surface area contributed by atoms with Crippen LogP contribution >= 0.6 is 0 Å². The highest BCUT2D eigenvalue weighted by atomic mass is 32.2. The third-order valence-electron chi connectivity index (χ3n) is 3.66. The maximum Gasteiger partial charge on any atom is 0.208 e. The summed E-state index contributed by atoms with van der Waals surface area (Å²) in [5.74, 6) is 0.887. The van der Waals surface area contributed by atoms with E-state index in [9.17, 15) is 8.42 Å². The van der Waals surface area contributed by atoms with E-state index in [0.717, 1.165) is 57.7 Å². The van der Waals surface area contributed by atoms with Gasteiger partial charge in [-0.3, -0.25) is 4.90 Å². The van der Waals surface area contributed by atoms with Gasteiger partial charge in [-0.05, 0) is 29.7 Å². The van der Waals surface area contributed by atoms with E-state index >= 15 is 0 Å². The number of unbranched alkanes of at least 4 members (excludes halogenated alkanes) is 1. The molecule has 1 fully saturated rings. The summed E-state index contributed by atoms with van der Waals surface area (Å²) in [6.07, 6.45) is 5.04. The monoisotopic (exact) mass is 316 g/mol. The standard InChI is InChI=1S/C12H24N6O2S/c1-3-4-7-18-12(13-15-16-18)10-17-8-5-11(6-9-17)14-21(2,19)20/h11,14H,3-10H2,1-2H3. The highest BCUT2D eigenvalue weighted by Gasteiger charge is 2.22. The van der Waals surface area contributed by atoms with Crippen molar-refractivity contribution in [3.63, 3.8) is 0 Å². The van der Waals surface area contributed by atoms with Crippen LogP contribution in [0, 0.1) is 0 Å². The summed E-state index contributed by atoms with van der Waals surface area (Å²) >= 11 is 0. The summed E-state index contributed by atoms with van der Waals surface area (Å²) in [5.41, 5.74) is 0. The average Bonchev–Trinajstić information content (AvgIpc) is 2.84. The fraction of sp³-hybridized carbons (Fsp3) is 0.917. The third-order valence-corrected chi connectivity index (χ3v) is 4.42. The van der Waals surface area contributed by atoms with Crippen LogP contribution in [-0.2, 0) is 23.1 Å². The predicted molar refractivity (Wildman–Crippen MR) is 79.0 cm³/mol. The summed E-state index contributed by atoms with van der Waals surface area (Å²) in [6.45, 7) is 5.43. The van der Waals surface area contributed by atoms with Crippen molar-refractivity contribution in [1.29, 1.82) is 0 Å². The second kappa shape index (κ2) is 7.28. The summed E-state index contributed by atoms with van der Waals surface area (Å²) < 4.78 is 27.0. The van der Waals surface area contributed by atoms with Crippen LogP contribution in [0.3, 0.4) is 0 Å². The largest absolute Gasteiger partial charge is 0.296 e. The quantitative estimate of drug-likeness (QED) is 0.760. The van der Waals surface area contributed by atoms with Gasteiger partial charge >= 0.3 is 0 Å². The molecule has 0 aromatic carbocycles. The van der Waals surface area contributed by atoms with Crippen molar-refractivity contribution in [2.75, 3.05) is 19.3 Å². The number of piperidine rings is 1. The molecule has 1 aromatic rings. The molecule has 0 radical (unpaired) electrons. The molecule has 0 aliphatic carbocycles. The lowest BCUT2D eigenvalue weighted by atomic mass is 10.1. The van der Waals surface area contributed by atoms with Gasteiger partial charge < -0.3 is 0 Å². The number of nitrogens with zero attached hydrogens (tertiary/aromatic N) is 5. The lowest BCUT2D eigenvalue weighted by Gasteiger charge is -2.31. The molecule has 120 valence electrons. The van der Waals surface area contributed by atoms with Crippen molar-refractivity contribution in [3.05, 3.63) is 5.82 Å². The number of likely N-dealkylation sites (tertiary alicyclic amines) is 1. The first kappa shape index (κ1) is 16.3. The normalized spacial score (nSPS) is 18.2. The minimum atomic E-state index is -3.11. The minimum absolute atomic E-state index is 0.0485. The Labute approximate surface area is 125 Å². The summed E-state index contributed by atoms with van der Waals surface area (Å²) in [7, 11) is -3.11. The van der Waals surface area contributed by atoms with E-state index in [-0.39, 0.29) is 6.04 Å². The van der Waals surface area contributed by atoms with Gasteiger partial charge in [0.15, 0.2) is 5.82 Å². The van der Waals surface area contributed by atoms with Gasteiger partial charge in [-0.1, -0.05) is 13.3 Å². The molecular formula is C12H24N6O2S. The second-order valence-corrected chi connectivity index (χ2v) is 7.39. The lowest BCUT2D eigenvalue weighted by Crippen LogP contribution is -2.44. The van der Waals surface area contributed by atoms with E-state index in [1.54, 1.807) is 0 Å². The van der Waals surface area contributed by atoms with Gasteiger partial charge in [0.05, 0.1) is 12.8 Å². The van der Waals surface area contributed by atoms with E-state index in [1.807, 2.05) is 4.68 Å². The van der Waals surface area contributed by atoms with Gasteiger partial charge in [0.1, 0.15) is 0 Å². The van der Waals surface area contributed by atoms with Gasteiger partial charge in [0, 0.05) is 25.7 Å². The molecule has 0 saturated carbocycles. The van der Waals surface area contributed by atoms with Crippen LogP contribution in [0.4, 0.5) is 0 Å². The fourth-order valence-electron chi connectivity index (χ4n) is 2.53. The fourth-order valence-corrected chi connectivity index (χ4v) is 3.37. The van der Waals surface area contributed by atoms with Crippen LogP contribution in [0.15, 0.2) is 0 Å². The van der Waals surface area contributed by atoms with Gasteiger partial charge in [-0.25, -0.2) is 17.8 Å². The van der Waals surface area contributed by atoms with E-state index < -0.39 is 10.0 Å². The second-order valence-electron chi connectivity index (χ2n) is 5.61. The van der Waals surface area contributed by atoms with Gasteiger partial charge in [0.2, 0.25) is 10.0 Å². The SMILES string of the molecule is CCCCn1nnnc1CN1CCC(NS(C)(=O)=O)CC1. The minimum Gasteiger partial charge on any atom is -0.296 e. The van der Waals surface area contributed by atoms with E-state index in [1.165, 1.54) is 6.26 Å². The molecule has 0 unspecified atom stereocenters. The molecule has 9 heteroatoms. The summed E-state index contributed by atoms with van der Waals surface area (Å²) in [6, 6.07) is 0.0485. The van der Waals surface area contributed by atoms with Gasteiger partial charge in [-0.15, -0.1) is 5.10 Å². The Hall–Kier alpha value is -1.06. The molecule has 21 heavy (non-hydrogen) atoms. The van der Waals surface area contributed by atoms with E-state index in [0.29, 0.717) is 0 Å². The number of sulfonamides is 1. The van der Waals surface area contributed by atoms with Crippen molar-refractivity contribution in [1.82, 2.24) is 29.8 Å². The highest BCUT2D eigenvalue weighted by Crippen LogP contribution is 2.13. The van der Waals surface area contributed by atoms with Crippen LogP contribution in [0.5, 0.6) is 0 Å². The van der Waals surface area contributed by atoms with Crippen LogP contribution in [-0.4, -0.2) is 58.9 Å². The van der Waals surface area contributed by atoms with Crippen LogP contribution in [0.25, 0.3) is 0 Å². The molecule has 0 atom stereocenters. The van der Waals surface area contributed by atoms with Crippen LogP contribution < -0.4 is 4.72 Å². The van der Waals surface area contributed by atoms with Crippen molar-refractivity contribution < 1.29 is 8.42 Å². The van der Waals surface area contributed by atoms with Crippen molar-refractivity contribution in [3.8, 4) is 0 Å². The van der Waals surface area contributed by atoms with Gasteiger partial charge in [-0.2, -0.15) is 0 Å². The number of aromatic nitrogens is 4. The highest BCUT2D eigenvalue weighted by molar-refractivity contribution is 7.88. The molecular weight excluding hydrogens is 292 g/mol. The van der Waals surface area contributed by atoms with Crippen molar-refractivity contribution in [2.45, 2.75) is 51.7 Å². The summed E-state index contributed by atoms with van der Waals surface area (Å²) in [4.78, 5) is 2.27. The third kappa shape index (κ3) is 5.33. The Morgan fingerprint density at radius 3 is 2.67 bits per heavy atom. The average molecular weight is 316 g/mol. The maximum absolute atomic E-state index is 11.2. The Bertz CT molecular complexity index is 536. The predicted octanol–water partition coefficient (Wildman–Crippen LogP) is -0.0132. The molecule has 2 heterocycles. The summed E-state index contributed by atoms with van der Waals surface area (Å²) in [5, 5.41) is 11.9. The van der Waals surface area contributed by atoms with Crippen molar-refractivity contribution >= 4 is 10.0 Å². The Morgan fingerprint density at radius 1 is 1.33 bits per heavy atom. The first-order valence-corrected chi connectivity index (χ1v) is 9.32. The number of hydrogen-bond donors (Lipinski definition) is 1. The zero-order chi connectivity index (χ0) is 15.3. The number of tetrazole rings is 1. The van der Waals surface area contributed by atoms with Crippen molar-refractivity contribution in [2.24, 2.45) is 0 Å². The van der Waals surface area contributed by atoms with E-state index in [2.05, 4.69) is 32.1 Å². The molecule has 8 nitrogen and oxygen atoms in total. The number of nitrogens with one attached hydrogen (secondary N) is 1. The Kier molecular flexibility index (Phi) is 5.65. The molecule has 1 N–H and O–H groups in total. The molecule has 2 rings (SSSR count). The zero-order valence-electron chi connectivity index (χ0n) is 12.7. The molecule has 1 aliphatic rings. The number of hydrogen-bond acceptors (Lipinski definition) is 6. The molecule has 0 amide bonds. The van der Waals surface area contributed by atoms with Gasteiger partial charge in [0.25, 0.3) is 0 Å². The first-order chi connectivity index (χ1) is 9.98. The molecule has 1 saturated heterocycles. The molecule has 0 spiro atoms. The zero-order valence-corrected chi connectivity index (χ0v) is 13.5. The Morgan fingerprint density at radius 2 is 2.05 bits per heavy atom. The van der Waals surface area contributed by atoms with Crippen LogP contribution in [0.2, 0.25) is 0 Å². The smallest absolute Gasteiger partial charge is 0.208 e. The maximum atomic E-state index is 11.2. The number of aryl methyl sites for hydroxylation is 1. The molecule has 0 bridgehead atoms. The first-order valence-electron chi connectivity index (χ1n) is 7.42. The molecule has 1 aliphatic heterocycles. The number of rotatable bonds is 7. The van der Waals surface area contributed by atoms with Crippen LogP contribution in [0.1, 0.15) is 38.4 Å². The topological polar surface area (TPSA) is 93.0 Å². The lowest BCUT2D eigenvalue weighted by molar-refractivity contribution is 0.192. The van der Waals surface area contributed by atoms with E-state index in [4.69, 9.17) is 0 Å². The Balaban J connectivity index is 1.82.